The quantitative estimate of drug-likeness (QED) is 0.687. The lowest BCUT2D eigenvalue weighted by Gasteiger charge is -2.25. The van der Waals surface area contributed by atoms with Crippen LogP contribution in [0.3, 0.4) is 0 Å². The molecule has 14 heavy (non-hydrogen) atoms. The number of ether oxygens (including phenoxy) is 2. The Bertz CT molecular complexity index is 204. The zero-order valence-corrected chi connectivity index (χ0v) is 8.78. The summed E-state index contributed by atoms with van der Waals surface area (Å²) in [6.07, 6.45) is 1.11. The van der Waals surface area contributed by atoms with Gasteiger partial charge in [0, 0.05) is 19.4 Å². The van der Waals surface area contributed by atoms with Gasteiger partial charge >= 0.3 is 5.97 Å². The van der Waals surface area contributed by atoms with E-state index in [-0.39, 0.29) is 18.5 Å². The summed E-state index contributed by atoms with van der Waals surface area (Å²) in [7, 11) is 0. The molecule has 82 valence electrons. The van der Waals surface area contributed by atoms with Crippen LogP contribution in [0.5, 0.6) is 0 Å². The van der Waals surface area contributed by atoms with Crippen molar-refractivity contribution in [1.82, 2.24) is 0 Å². The van der Waals surface area contributed by atoms with Gasteiger partial charge in [0.2, 0.25) is 0 Å². The van der Waals surface area contributed by atoms with Crippen LogP contribution in [0.15, 0.2) is 0 Å². The molecule has 1 aliphatic rings. The Morgan fingerprint density at radius 2 is 2.43 bits per heavy atom. The Morgan fingerprint density at radius 1 is 1.71 bits per heavy atom. The van der Waals surface area contributed by atoms with Crippen LogP contribution in [0.2, 0.25) is 0 Å². The average Bonchev–Trinajstić information content (AvgIpc) is 2.46. The summed E-state index contributed by atoms with van der Waals surface area (Å²) in [5.74, 6) is -0.250. The van der Waals surface area contributed by atoms with Crippen LogP contribution in [-0.4, -0.2) is 36.0 Å². The lowest BCUT2D eigenvalue weighted by molar-refractivity contribution is -0.145. The molecule has 0 bridgehead atoms. The minimum Gasteiger partial charge on any atom is -0.466 e. The molecule has 1 saturated heterocycles. The molecule has 0 spiro atoms. The maximum atomic E-state index is 11.1. The van der Waals surface area contributed by atoms with Gasteiger partial charge in [0.25, 0.3) is 0 Å². The molecule has 0 saturated carbocycles. The zero-order valence-electron chi connectivity index (χ0n) is 8.78. The van der Waals surface area contributed by atoms with Gasteiger partial charge in [0.05, 0.1) is 18.3 Å². The van der Waals surface area contributed by atoms with Crippen molar-refractivity contribution in [2.45, 2.75) is 44.8 Å². The molecule has 1 aliphatic heterocycles. The third-order valence-electron chi connectivity index (χ3n) is 2.73. The van der Waals surface area contributed by atoms with Crippen molar-refractivity contribution in [3.05, 3.63) is 0 Å². The summed E-state index contributed by atoms with van der Waals surface area (Å²) >= 11 is 0. The summed E-state index contributed by atoms with van der Waals surface area (Å²) in [6, 6.07) is 0. The highest BCUT2D eigenvalue weighted by atomic mass is 16.5. The molecule has 0 aromatic rings. The number of hydrogen-bond donors (Lipinski definition) is 1. The molecule has 0 aromatic carbocycles. The van der Waals surface area contributed by atoms with Crippen LogP contribution in [0, 0.1) is 0 Å². The van der Waals surface area contributed by atoms with Gasteiger partial charge in [0.1, 0.15) is 0 Å². The third kappa shape index (κ3) is 2.69. The van der Waals surface area contributed by atoms with Gasteiger partial charge in [-0.1, -0.05) is 0 Å². The van der Waals surface area contributed by atoms with Crippen LogP contribution < -0.4 is 0 Å². The van der Waals surface area contributed by atoms with Crippen LogP contribution >= 0.6 is 0 Å². The number of carbonyl (C=O) groups is 1. The monoisotopic (exact) mass is 202 g/mol. The molecule has 2 unspecified atom stereocenters. The maximum absolute atomic E-state index is 11.1. The van der Waals surface area contributed by atoms with Gasteiger partial charge in [0.15, 0.2) is 0 Å². The van der Waals surface area contributed by atoms with Crippen LogP contribution in [-0.2, 0) is 14.3 Å². The Morgan fingerprint density at radius 3 is 2.93 bits per heavy atom. The first-order valence-corrected chi connectivity index (χ1v) is 5.08. The number of esters is 1. The average molecular weight is 202 g/mol. The molecule has 2 atom stereocenters. The van der Waals surface area contributed by atoms with E-state index in [1.807, 2.05) is 6.92 Å². The van der Waals surface area contributed by atoms with E-state index < -0.39 is 5.60 Å². The molecule has 0 radical (unpaired) electrons. The number of aliphatic hydroxyl groups is 1. The fourth-order valence-electron chi connectivity index (χ4n) is 1.65. The summed E-state index contributed by atoms with van der Waals surface area (Å²) < 4.78 is 10.0. The maximum Gasteiger partial charge on any atom is 0.305 e. The van der Waals surface area contributed by atoms with Crippen molar-refractivity contribution in [2.24, 2.45) is 0 Å². The van der Waals surface area contributed by atoms with Crippen LogP contribution in [0.4, 0.5) is 0 Å². The van der Waals surface area contributed by atoms with E-state index in [9.17, 15) is 9.90 Å². The summed E-state index contributed by atoms with van der Waals surface area (Å²) in [5, 5.41) is 10.0. The van der Waals surface area contributed by atoms with Crippen molar-refractivity contribution in [3.63, 3.8) is 0 Å². The highest BCUT2D eigenvalue weighted by molar-refractivity contribution is 5.69. The number of hydrogen-bond acceptors (Lipinski definition) is 4. The molecular weight excluding hydrogens is 184 g/mol. The van der Waals surface area contributed by atoms with E-state index in [0.717, 1.165) is 0 Å². The topological polar surface area (TPSA) is 55.8 Å². The predicted octanol–water partition coefficient (Wildman–Crippen LogP) is 0.870. The predicted molar refractivity (Wildman–Crippen MR) is 50.8 cm³/mol. The molecule has 1 heterocycles. The van der Waals surface area contributed by atoms with Gasteiger partial charge in [-0.3, -0.25) is 4.79 Å². The van der Waals surface area contributed by atoms with Gasteiger partial charge in [-0.05, 0) is 20.3 Å². The second-order valence-electron chi connectivity index (χ2n) is 3.67. The Balaban J connectivity index is 2.32. The van der Waals surface area contributed by atoms with Crippen LogP contribution in [0.25, 0.3) is 0 Å². The lowest BCUT2D eigenvalue weighted by Crippen LogP contribution is -2.36. The molecule has 0 aromatic heterocycles. The van der Waals surface area contributed by atoms with Gasteiger partial charge in [-0.15, -0.1) is 0 Å². The van der Waals surface area contributed by atoms with Crippen molar-refractivity contribution in [2.75, 3.05) is 13.2 Å². The fraction of sp³-hybridized carbons (Fsp3) is 0.900. The van der Waals surface area contributed by atoms with E-state index in [2.05, 4.69) is 0 Å². The number of carbonyl (C=O) groups excluding carboxylic acids is 1. The van der Waals surface area contributed by atoms with Crippen molar-refractivity contribution < 1.29 is 19.4 Å². The standard InChI is InChI=1S/C10H18O4/c1-3-13-9(11)4-5-10(12)6-7-14-8(10)2/h8,12H,3-7H2,1-2H3. The summed E-state index contributed by atoms with van der Waals surface area (Å²) in [4.78, 5) is 11.1. The van der Waals surface area contributed by atoms with Gasteiger partial charge < -0.3 is 14.6 Å². The molecule has 4 nitrogen and oxygen atoms in total. The van der Waals surface area contributed by atoms with E-state index >= 15 is 0 Å². The first-order valence-electron chi connectivity index (χ1n) is 5.08. The lowest BCUT2D eigenvalue weighted by atomic mass is 9.91. The Labute approximate surface area is 84.2 Å². The first kappa shape index (κ1) is 11.5. The second-order valence-corrected chi connectivity index (χ2v) is 3.67. The summed E-state index contributed by atoms with van der Waals surface area (Å²) in [5.41, 5.74) is -0.841. The van der Waals surface area contributed by atoms with Gasteiger partial charge in [-0.2, -0.15) is 0 Å². The van der Waals surface area contributed by atoms with E-state index in [0.29, 0.717) is 26.1 Å². The highest BCUT2D eigenvalue weighted by Gasteiger charge is 2.39. The molecule has 1 N–H and O–H groups in total. The smallest absolute Gasteiger partial charge is 0.305 e. The zero-order chi connectivity index (χ0) is 10.6. The van der Waals surface area contributed by atoms with Crippen LogP contribution in [0.1, 0.15) is 33.1 Å². The minimum absolute atomic E-state index is 0.183. The molecule has 1 fully saturated rings. The third-order valence-corrected chi connectivity index (χ3v) is 2.73. The molecule has 0 aliphatic carbocycles. The Hall–Kier alpha value is -0.610. The molecule has 1 rings (SSSR count). The summed E-state index contributed by atoms with van der Waals surface area (Å²) in [6.45, 7) is 4.57. The minimum atomic E-state index is -0.841. The fourth-order valence-corrected chi connectivity index (χ4v) is 1.65. The normalized spacial score (nSPS) is 31.8. The second kappa shape index (κ2) is 4.75. The molecule has 4 heteroatoms. The SMILES string of the molecule is CCOC(=O)CCC1(O)CCOC1C. The van der Waals surface area contributed by atoms with Crippen molar-refractivity contribution >= 4 is 5.97 Å². The first-order chi connectivity index (χ1) is 6.58. The van der Waals surface area contributed by atoms with E-state index in [4.69, 9.17) is 9.47 Å². The number of rotatable bonds is 4. The van der Waals surface area contributed by atoms with Crippen molar-refractivity contribution in [1.29, 1.82) is 0 Å². The molecule has 0 amide bonds. The molecular formula is C10H18O4. The largest absolute Gasteiger partial charge is 0.466 e. The van der Waals surface area contributed by atoms with E-state index in [1.165, 1.54) is 0 Å². The van der Waals surface area contributed by atoms with Crippen molar-refractivity contribution in [3.8, 4) is 0 Å². The van der Waals surface area contributed by atoms with E-state index in [1.54, 1.807) is 6.92 Å². The Kier molecular flexibility index (Phi) is 3.89. The van der Waals surface area contributed by atoms with Gasteiger partial charge in [-0.25, -0.2) is 0 Å². The highest BCUT2D eigenvalue weighted by Crippen LogP contribution is 2.30.